The van der Waals surface area contributed by atoms with Crippen LogP contribution in [-0.2, 0) is 14.3 Å². The van der Waals surface area contributed by atoms with E-state index in [2.05, 4.69) is 5.32 Å². The minimum atomic E-state index is -1.03. The summed E-state index contributed by atoms with van der Waals surface area (Å²) in [6.07, 6.45) is 2.90. The smallest absolute Gasteiger partial charge is 0.310 e. The molecule has 0 saturated carbocycles. The SMILES string of the molecule is C[C@@]12C=C[C@@H](O1)[C@H](C(=O)O)[C@H]2C(=O)Nc1ccccc1Cl. The van der Waals surface area contributed by atoms with Crippen LogP contribution in [0.15, 0.2) is 36.4 Å². The van der Waals surface area contributed by atoms with Crippen LogP contribution in [0, 0.1) is 11.8 Å². The number of hydrogen-bond acceptors (Lipinski definition) is 3. The van der Waals surface area contributed by atoms with E-state index < -0.39 is 35.4 Å². The first-order valence-electron chi connectivity index (χ1n) is 6.58. The molecule has 0 spiro atoms. The first-order valence-corrected chi connectivity index (χ1v) is 6.95. The van der Waals surface area contributed by atoms with E-state index in [1.54, 1.807) is 43.3 Å². The minimum absolute atomic E-state index is 0.398. The van der Waals surface area contributed by atoms with Crippen LogP contribution in [0.5, 0.6) is 0 Å². The Morgan fingerprint density at radius 3 is 2.76 bits per heavy atom. The average Bonchev–Trinajstić information content (AvgIpc) is 2.94. The zero-order valence-electron chi connectivity index (χ0n) is 11.2. The highest BCUT2D eigenvalue weighted by molar-refractivity contribution is 6.33. The normalized spacial score (nSPS) is 33.1. The molecule has 0 unspecified atom stereocenters. The number of anilines is 1. The highest BCUT2D eigenvalue weighted by Gasteiger charge is 2.59. The van der Waals surface area contributed by atoms with Gasteiger partial charge in [-0.2, -0.15) is 0 Å². The maximum atomic E-state index is 12.5. The summed E-state index contributed by atoms with van der Waals surface area (Å²) in [5.41, 5.74) is -0.428. The first kappa shape index (κ1) is 14.1. The summed E-state index contributed by atoms with van der Waals surface area (Å²) in [7, 11) is 0. The van der Waals surface area contributed by atoms with Crippen LogP contribution in [0.1, 0.15) is 6.92 Å². The van der Waals surface area contributed by atoms with Gasteiger partial charge in [0.1, 0.15) is 5.92 Å². The van der Waals surface area contributed by atoms with E-state index in [9.17, 15) is 14.7 Å². The predicted octanol–water partition coefficient (Wildman–Crippen LogP) is 2.32. The molecule has 1 fully saturated rings. The number of nitrogens with one attached hydrogen (secondary N) is 1. The Bertz CT molecular complexity index is 644. The van der Waals surface area contributed by atoms with Crippen molar-refractivity contribution in [3.63, 3.8) is 0 Å². The van der Waals surface area contributed by atoms with E-state index in [1.165, 1.54) is 0 Å². The lowest BCUT2D eigenvalue weighted by atomic mass is 9.75. The molecule has 1 saturated heterocycles. The number of carboxylic acid groups (broad SMARTS) is 1. The molecule has 2 N–H and O–H groups in total. The van der Waals surface area contributed by atoms with Gasteiger partial charge < -0.3 is 15.2 Å². The van der Waals surface area contributed by atoms with Gasteiger partial charge in [0.15, 0.2) is 0 Å². The molecule has 2 aliphatic heterocycles. The Hall–Kier alpha value is -1.85. The number of carbonyl (C=O) groups excluding carboxylic acids is 1. The second kappa shape index (κ2) is 4.86. The third-order valence-corrected chi connectivity index (χ3v) is 4.37. The molecule has 6 heteroatoms. The number of aliphatic carboxylic acids is 1. The number of benzene rings is 1. The number of hydrogen-bond donors (Lipinski definition) is 2. The summed E-state index contributed by atoms with van der Waals surface area (Å²) in [5, 5.41) is 12.5. The highest BCUT2D eigenvalue weighted by Crippen LogP contribution is 2.47. The van der Waals surface area contributed by atoms with E-state index in [1.807, 2.05) is 0 Å². The molecule has 4 atom stereocenters. The molecule has 1 aromatic rings. The molecule has 21 heavy (non-hydrogen) atoms. The fraction of sp³-hybridized carbons (Fsp3) is 0.333. The Labute approximate surface area is 126 Å². The Balaban J connectivity index is 1.88. The summed E-state index contributed by atoms with van der Waals surface area (Å²) in [5.74, 6) is -3.11. The van der Waals surface area contributed by atoms with Gasteiger partial charge in [-0.3, -0.25) is 9.59 Å². The van der Waals surface area contributed by atoms with Crippen molar-refractivity contribution in [2.24, 2.45) is 11.8 Å². The molecule has 0 aliphatic carbocycles. The largest absolute Gasteiger partial charge is 0.481 e. The molecule has 5 nitrogen and oxygen atoms in total. The van der Waals surface area contributed by atoms with E-state index in [-0.39, 0.29) is 0 Å². The molecular formula is C15H14ClNO4. The highest BCUT2D eigenvalue weighted by atomic mass is 35.5. The van der Waals surface area contributed by atoms with Crippen molar-refractivity contribution in [1.29, 1.82) is 0 Å². The van der Waals surface area contributed by atoms with Crippen molar-refractivity contribution in [2.45, 2.75) is 18.6 Å². The van der Waals surface area contributed by atoms with E-state index in [4.69, 9.17) is 16.3 Å². The average molecular weight is 308 g/mol. The van der Waals surface area contributed by atoms with Crippen molar-refractivity contribution >= 4 is 29.2 Å². The molecule has 0 radical (unpaired) electrons. The molecule has 2 bridgehead atoms. The molecule has 0 aromatic heterocycles. The number of fused-ring (bicyclic) bond motifs is 2. The van der Waals surface area contributed by atoms with Crippen LogP contribution in [0.25, 0.3) is 0 Å². The van der Waals surface area contributed by atoms with E-state index in [0.717, 1.165) is 0 Å². The number of ether oxygens (including phenoxy) is 1. The Morgan fingerprint density at radius 2 is 2.10 bits per heavy atom. The summed E-state index contributed by atoms with van der Waals surface area (Å²) < 4.78 is 5.65. The monoisotopic (exact) mass is 307 g/mol. The predicted molar refractivity (Wildman–Crippen MR) is 77.1 cm³/mol. The number of halogens is 1. The number of amides is 1. The molecule has 110 valence electrons. The van der Waals surface area contributed by atoms with Gasteiger partial charge in [-0.1, -0.05) is 35.9 Å². The number of carboxylic acids is 1. The molecule has 2 aliphatic rings. The van der Waals surface area contributed by atoms with Gasteiger partial charge in [0.25, 0.3) is 0 Å². The van der Waals surface area contributed by atoms with Gasteiger partial charge in [-0.25, -0.2) is 0 Å². The van der Waals surface area contributed by atoms with Gasteiger partial charge >= 0.3 is 5.97 Å². The fourth-order valence-electron chi connectivity index (χ4n) is 3.05. The Kier molecular flexibility index (Phi) is 3.26. The molecule has 1 aromatic carbocycles. The first-order chi connectivity index (χ1) is 9.92. The quantitative estimate of drug-likeness (QED) is 0.840. The molecule has 1 amide bonds. The second-order valence-corrected chi connectivity index (χ2v) is 5.84. The third-order valence-electron chi connectivity index (χ3n) is 4.04. The fourth-order valence-corrected chi connectivity index (χ4v) is 3.24. The van der Waals surface area contributed by atoms with E-state index >= 15 is 0 Å². The summed E-state index contributed by atoms with van der Waals surface area (Å²) in [6.45, 7) is 1.73. The number of carbonyl (C=O) groups is 2. The van der Waals surface area contributed by atoms with Crippen molar-refractivity contribution in [3.8, 4) is 0 Å². The second-order valence-electron chi connectivity index (χ2n) is 5.44. The van der Waals surface area contributed by atoms with Gasteiger partial charge in [0, 0.05) is 0 Å². The zero-order valence-corrected chi connectivity index (χ0v) is 12.0. The van der Waals surface area contributed by atoms with Crippen molar-refractivity contribution < 1.29 is 19.4 Å². The zero-order chi connectivity index (χ0) is 15.2. The van der Waals surface area contributed by atoms with Crippen molar-refractivity contribution in [3.05, 3.63) is 41.4 Å². The van der Waals surface area contributed by atoms with Crippen LogP contribution in [-0.4, -0.2) is 28.7 Å². The van der Waals surface area contributed by atoms with Crippen LogP contribution in [0.3, 0.4) is 0 Å². The number of para-hydroxylation sites is 1. The van der Waals surface area contributed by atoms with Crippen molar-refractivity contribution in [1.82, 2.24) is 0 Å². The number of rotatable bonds is 3. The van der Waals surface area contributed by atoms with Gasteiger partial charge in [0.2, 0.25) is 5.91 Å². The van der Waals surface area contributed by atoms with Gasteiger partial charge in [0.05, 0.1) is 28.3 Å². The standard InChI is InChI=1S/C15H14ClNO4/c1-15-7-6-10(21-15)11(14(19)20)12(15)13(18)17-9-5-3-2-4-8(9)16/h2-7,10-12H,1H3,(H,17,18)(H,19,20)/t10-,11+,12+,15+/m1/s1. The van der Waals surface area contributed by atoms with Crippen LogP contribution in [0.2, 0.25) is 5.02 Å². The lowest BCUT2D eigenvalue weighted by Crippen LogP contribution is -2.44. The van der Waals surface area contributed by atoms with E-state index in [0.29, 0.717) is 10.7 Å². The van der Waals surface area contributed by atoms with Crippen LogP contribution >= 0.6 is 11.6 Å². The van der Waals surface area contributed by atoms with Crippen LogP contribution < -0.4 is 5.32 Å². The summed E-state index contributed by atoms with van der Waals surface area (Å²) in [4.78, 5) is 24.0. The maximum absolute atomic E-state index is 12.5. The lowest BCUT2D eigenvalue weighted by molar-refractivity contribution is -0.146. The minimum Gasteiger partial charge on any atom is -0.481 e. The summed E-state index contributed by atoms with van der Waals surface area (Å²) in [6, 6.07) is 6.82. The maximum Gasteiger partial charge on any atom is 0.310 e. The van der Waals surface area contributed by atoms with Gasteiger partial charge in [-0.15, -0.1) is 0 Å². The topological polar surface area (TPSA) is 75.6 Å². The van der Waals surface area contributed by atoms with Crippen molar-refractivity contribution in [2.75, 3.05) is 5.32 Å². The van der Waals surface area contributed by atoms with Gasteiger partial charge in [-0.05, 0) is 19.1 Å². The lowest BCUT2D eigenvalue weighted by Gasteiger charge is -2.27. The Morgan fingerprint density at radius 1 is 1.38 bits per heavy atom. The molecule has 2 heterocycles. The molecule has 3 rings (SSSR count). The third kappa shape index (κ3) is 2.22. The summed E-state index contributed by atoms with van der Waals surface area (Å²) >= 11 is 6.01. The molecular weight excluding hydrogens is 294 g/mol. The van der Waals surface area contributed by atoms with Crippen LogP contribution in [0.4, 0.5) is 5.69 Å².